The van der Waals surface area contributed by atoms with Gasteiger partial charge in [0.25, 0.3) is 0 Å². The van der Waals surface area contributed by atoms with E-state index < -0.39 is 0 Å². The minimum Gasteiger partial charge on any atom is -0.366 e. The number of hydrogen-bond donors (Lipinski definition) is 2. The van der Waals surface area contributed by atoms with Gasteiger partial charge < -0.3 is 10.6 Å². The van der Waals surface area contributed by atoms with Crippen LogP contribution in [0.3, 0.4) is 0 Å². The number of carbonyl (C=O) groups is 1. The average Bonchev–Trinajstić information content (AvgIpc) is 2.65. The van der Waals surface area contributed by atoms with Crippen LogP contribution in [-0.4, -0.2) is 33.4 Å². The molecule has 1 aliphatic rings. The molecule has 1 saturated carbocycles. The minimum absolute atomic E-state index is 0.120. The molecular formula is C19H25N5O. The fraction of sp³-hybridized carbons (Fsp3) is 0.474. The summed E-state index contributed by atoms with van der Waals surface area (Å²) >= 11 is 0. The molecule has 0 aliphatic heterocycles. The maximum Gasteiger partial charge on any atom is 0.223 e. The summed E-state index contributed by atoms with van der Waals surface area (Å²) in [5.41, 5.74) is 2.42. The predicted octanol–water partition coefficient (Wildman–Crippen LogP) is 2.51. The monoisotopic (exact) mass is 339 g/mol. The van der Waals surface area contributed by atoms with Gasteiger partial charge in [0.05, 0.1) is 6.20 Å². The second kappa shape index (κ2) is 8.55. The zero-order valence-corrected chi connectivity index (χ0v) is 14.6. The van der Waals surface area contributed by atoms with Gasteiger partial charge in [-0.25, -0.2) is 4.98 Å². The second-order valence-electron chi connectivity index (χ2n) is 6.63. The van der Waals surface area contributed by atoms with Crippen molar-refractivity contribution < 1.29 is 4.79 Å². The average molecular weight is 339 g/mol. The van der Waals surface area contributed by atoms with E-state index in [1.165, 1.54) is 11.1 Å². The summed E-state index contributed by atoms with van der Waals surface area (Å²) in [6, 6.07) is 2.38. The molecular weight excluding hydrogens is 314 g/mol. The highest BCUT2D eigenvalue weighted by Crippen LogP contribution is 2.26. The molecule has 6 heteroatoms. The third-order valence-electron chi connectivity index (χ3n) is 4.85. The van der Waals surface area contributed by atoms with Crippen molar-refractivity contribution in [2.45, 2.75) is 45.1 Å². The van der Waals surface area contributed by atoms with Gasteiger partial charge in [-0.15, -0.1) is 0 Å². The molecule has 3 rings (SSSR count). The van der Waals surface area contributed by atoms with E-state index in [1.54, 1.807) is 24.8 Å². The van der Waals surface area contributed by atoms with Gasteiger partial charge in [0.15, 0.2) is 0 Å². The van der Waals surface area contributed by atoms with E-state index in [4.69, 9.17) is 0 Å². The molecule has 0 unspecified atom stereocenters. The molecule has 132 valence electrons. The fourth-order valence-corrected chi connectivity index (χ4v) is 3.31. The van der Waals surface area contributed by atoms with Crippen LogP contribution in [0.25, 0.3) is 0 Å². The summed E-state index contributed by atoms with van der Waals surface area (Å²) in [6.45, 7) is 2.74. The van der Waals surface area contributed by atoms with Gasteiger partial charge in [-0.3, -0.25) is 14.8 Å². The standard InChI is InChI=1S/C19H25N5O/c1-14-6-8-20-12-16(14)7-9-23-19(25)15-2-4-17(5-3-15)24-18-13-21-10-11-22-18/h6,8,10-13,15,17H,2-5,7,9H2,1H3,(H,22,24)(H,23,25). The van der Waals surface area contributed by atoms with Gasteiger partial charge >= 0.3 is 0 Å². The molecule has 2 N–H and O–H groups in total. The van der Waals surface area contributed by atoms with Crippen LogP contribution in [0.2, 0.25) is 0 Å². The van der Waals surface area contributed by atoms with Crippen molar-refractivity contribution in [2.75, 3.05) is 11.9 Å². The molecule has 2 aromatic rings. The second-order valence-corrected chi connectivity index (χ2v) is 6.63. The third-order valence-corrected chi connectivity index (χ3v) is 4.85. The smallest absolute Gasteiger partial charge is 0.223 e. The van der Waals surface area contributed by atoms with Crippen molar-refractivity contribution in [1.29, 1.82) is 0 Å². The van der Waals surface area contributed by atoms with Crippen LogP contribution in [0.15, 0.2) is 37.1 Å². The SMILES string of the molecule is Cc1ccncc1CCNC(=O)C1CCC(Nc2cnccn2)CC1. The van der Waals surface area contributed by atoms with Gasteiger partial charge in [-0.05, 0) is 56.2 Å². The zero-order valence-electron chi connectivity index (χ0n) is 14.6. The summed E-state index contributed by atoms with van der Waals surface area (Å²) in [7, 11) is 0. The van der Waals surface area contributed by atoms with Crippen molar-refractivity contribution in [1.82, 2.24) is 20.3 Å². The van der Waals surface area contributed by atoms with E-state index in [1.807, 2.05) is 12.3 Å². The first-order chi connectivity index (χ1) is 12.2. The number of carbonyl (C=O) groups excluding carboxylic acids is 1. The Labute approximate surface area is 148 Å². The lowest BCUT2D eigenvalue weighted by atomic mass is 9.85. The number of pyridine rings is 1. The first-order valence-electron chi connectivity index (χ1n) is 8.92. The third kappa shape index (κ3) is 4.98. The predicted molar refractivity (Wildman–Crippen MR) is 97.1 cm³/mol. The van der Waals surface area contributed by atoms with Crippen LogP contribution in [0.1, 0.15) is 36.8 Å². The number of aromatic nitrogens is 3. The normalized spacial score (nSPS) is 20.0. The van der Waals surface area contributed by atoms with Crippen LogP contribution >= 0.6 is 0 Å². The maximum atomic E-state index is 12.4. The van der Waals surface area contributed by atoms with Gasteiger partial charge in [-0.1, -0.05) is 0 Å². The molecule has 2 aromatic heterocycles. The van der Waals surface area contributed by atoms with Crippen LogP contribution in [0.5, 0.6) is 0 Å². The number of nitrogens with one attached hydrogen (secondary N) is 2. The summed E-state index contributed by atoms with van der Waals surface area (Å²) < 4.78 is 0. The van der Waals surface area contributed by atoms with Gasteiger partial charge in [0, 0.05) is 43.3 Å². The number of amides is 1. The van der Waals surface area contributed by atoms with E-state index in [9.17, 15) is 4.79 Å². The minimum atomic E-state index is 0.120. The zero-order chi connectivity index (χ0) is 17.5. The van der Waals surface area contributed by atoms with Crippen LogP contribution < -0.4 is 10.6 Å². The lowest BCUT2D eigenvalue weighted by molar-refractivity contribution is -0.125. The highest BCUT2D eigenvalue weighted by Gasteiger charge is 2.26. The first-order valence-corrected chi connectivity index (χ1v) is 8.92. The highest BCUT2D eigenvalue weighted by atomic mass is 16.1. The first kappa shape index (κ1) is 17.3. The molecule has 0 saturated heterocycles. The molecule has 0 aromatic carbocycles. The Bertz CT molecular complexity index is 683. The van der Waals surface area contributed by atoms with Crippen LogP contribution in [0.4, 0.5) is 5.82 Å². The van der Waals surface area contributed by atoms with Gasteiger partial charge in [-0.2, -0.15) is 0 Å². The number of hydrogen-bond acceptors (Lipinski definition) is 5. The molecule has 1 aliphatic carbocycles. The van der Waals surface area contributed by atoms with E-state index in [0.29, 0.717) is 12.6 Å². The number of nitrogens with zero attached hydrogens (tertiary/aromatic N) is 3. The Hall–Kier alpha value is -2.50. The van der Waals surface area contributed by atoms with Crippen molar-refractivity contribution >= 4 is 11.7 Å². The van der Waals surface area contributed by atoms with Crippen molar-refractivity contribution in [3.63, 3.8) is 0 Å². The Morgan fingerprint density at radius 2 is 1.92 bits per heavy atom. The van der Waals surface area contributed by atoms with Crippen molar-refractivity contribution in [2.24, 2.45) is 5.92 Å². The number of aryl methyl sites for hydroxylation is 1. The van der Waals surface area contributed by atoms with Gasteiger partial charge in [0.2, 0.25) is 5.91 Å². The molecule has 2 heterocycles. The lowest BCUT2D eigenvalue weighted by Gasteiger charge is -2.28. The fourth-order valence-electron chi connectivity index (χ4n) is 3.31. The Morgan fingerprint density at radius 1 is 1.12 bits per heavy atom. The molecule has 0 spiro atoms. The van der Waals surface area contributed by atoms with Gasteiger partial charge in [0.1, 0.15) is 5.82 Å². The summed E-state index contributed by atoms with van der Waals surface area (Å²) in [6.07, 6.45) is 13.4. The topological polar surface area (TPSA) is 79.8 Å². The maximum absolute atomic E-state index is 12.4. The summed E-state index contributed by atoms with van der Waals surface area (Å²) in [5, 5.41) is 6.48. The largest absolute Gasteiger partial charge is 0.366 e. The molecule has 6 nitrogen and oxygen atoms in total. The molecule has 0 radical (unpaired) electrons. The van der Waals surface area contributed by atoms with Crippen molar-refractivity contribution in [3.05, 3.63) is 48.2 Å². The van der Waals surface area contributed by atoms with E-state index >= 15 is 0 Å². The quantitative estimate of drug-likeness (QED) is 0.845. The van der Waals surface area contributed by atoms with E-state index in [2.05, 4.69) is 32.5 Å². The number of rotatable bonds is 6. The molecule has 0 atom stereocenters. The molecule has 1 amide bonds. The molecule has 1 fully saturated rings. The summed E-state index contributed by atoms with van der Waals surface area (Å²) in [5.74, 6) is 1.11. The Morgan fingerprint density at radius 3 is 2.64 bits per heavy atom. The van der Waals surface area contributed by atoms with Crippen LogP contribution in [-0.2, 0) is 11.2 Å². The van der Waals surface area contributed by atoms with E-state index in [-0.39, 0.29) is 11.8 Å². The Kier molecular flexibility index (Phi) is 5.93. The van der Waals surface area contributed by atoms with Crippen LogP contribution in [0, 0.1) is 12.8 Å². The number of anilines is 1. The highest BCUT2D eigenvalue weighted by molar-refractivity contribution is 5.78. The molecule has 0 bridgehead atoms. The summed E-state index contributed by atoms with van der Waals surface area (Å²) in [4.78, 5) is 24.8. The lowest BCUT2D eigenvalue weighted by Crippen LogP contribution is -2.36. The van der Waals surface area contributed by atoms with E-state index in [0.717, 1.165) is 37.9 Å². The Balaban J connectivity index is 1.39. The molecule has 25 heavy (non-hydrogen) atoms. The van der Waals surface area contributed by atoms with Crippen molar-refractivity contribution in [3.8, 4) is 0 Å².